The first-order valence-corrected chi connectivity index (χ1v) is 26.4. The lowest BCUT2D eigenvalue weighted by Gasteiger charge is -2.30. The maximum atomic E-state index is 13.9. The molecule has 22 nitrogen and oxygen atoms in total. The summed E-state index contributed by atoms with van der Waals surface area (Å²) in [6.45, 7) is 8.69. The third-order valence-corrected chi connectivity index (χ3v) is 13.3. The highest BCUT2D eigenvalue weighted by Crippen LogP contribution is 2.29. The van der Waals surface area contributed by atoms with E-state index < -0.39 is 66.4 Å². The van der Waals surface area contributed by atoms with Crippen molar-refractivity contribution in [3.05, 3.63) is 84.1 Å². The monoisotopic (exact) mass is 1080 g/mol. The second-order valence-corrected chi connectivity index (χ2v) is 19.5. The molecule has 3 rings (SSSR count). The van der Waals surface area contributed by atoms with Crippen LogP contribution in [0.25, 0.3) is 10.8 Å². The van der Waals surface area contributed by atoms with Gasteiger partial charge in [0.25, 0.3) is 0 Å². The van der Waals surface area contributed by atoms with Crippen molar-refractivity contribution >= 4 is 64.4 Å². The zero-order valence-corrected chi connectivity index (χ0v) is 44.1. The fraction of sp³-hybridized carbons (Fsp3) is 0.545. The molecule has 0 bridgehead atoms. The molecule has 0 unspecified atom stereocenters. The Morgan fingerprint density at radius 2 is 1.30 bits per heavy atom. The summed E-state index contributed by atoms with van der Waals surface area (Å²) in [6, 6.07) is 9.60. The topological polar surface area (TPSA) is 342 Å². The van der Waals surface area contributed by atoms with E-state index in [0.717, 1.165) is 41.2 Å². The van der Waals surface area contributed by atoms with E-state index >= 15 is 0 Å². The number of allylic oxidation sites excluding steroid dienone is 1. The summed E-state index contributed by atoms with van der Waals surface area (Å²) in [5, 5.41) is 71.8. The maximum Gasteiger partial charge on any atom is 0.326 e. The first kappa shape index (κ1) is 64.0. The zero-order valence-electron chi connectivity index (χ0n) is 44.1. The lowest BCUT2D eigenvalue weighted by molar-refractivity contribution is -0.141. The number of hydrogen-bond donors (Lipinski definition) is 11. The van der Waals surface area contributed by atoms with E-state index in [4.69, 9.17) is 10.2 Å². The van der Waals surface area contributed by atoms with Crippen molar-refractivity contribution in [3.63, 3.8) is 0 Å². The summed E-state index contributed by atoms with van der Waals surface area (Å²) in [5.41, 5.74) is 2.36. The number of carbonyl (C=O) groups is 9. The number of benzene rings is 2. The van der Waals surface area contributed by atoms with Gasteiger partial charge in [0.2, 0.25) is 11.8 Å². The average Bonchev–Trinajstić information content (AvgIpc) is 3.37. The van der Waals surface area contributed by atoms with Crippen molar-refractivity contribution < 1.29 is 73.8 Å². The number of rotatable bonds is 39. The molecule has 2 aromatic carbocycles. The summed E-state index contributed by atoms with van der Waals surface area (Å²) >= 11 is 0. The van der Waals surface area contributed by atoms with Crippen LogP contribution >= 0.6 is 0 Å². The minimum atomic E-state index is -1.52. The number of urea groups is 1. The molecule has 4 amide bonds. The summed E-state index contributed by atoms with van der Waals surface area (Å²) in [4.78, 5) is 112. The van der Waals surface area contributed by atoms with Gasteiger partial charge in [-0.3, -0.25) is 38.6 Å². The predicted molar refractivity (Wildman–Crippen MR) is 287 cm³/mol. The molecule has 2 aromatic rings. The molecule has 0 aliphatic heterocycles. The van der Waals surface area contributed by atoms with E-state index in [1.807, 2.05) is 48.2 Å². The van der Waals surface area contributed by atoms with E-state index in [9.17, 15) is 63.6 Å². The van der Waals surface area contributed by atoms with Crippen LogP contribution in [0.2, 0.25) is 0 Å². The molecule has 0 spiro atoms. The Labute approximate surface area is 449 Å². The van der Waals surface area contributed by atoms with E-state index in [2.05, 4.69) is 39.2 Å². The molecule has 77 heavy (non-hydrogen) atoms. The molecule has 1 saturated carbocycles. The lowest BCUT2D eigenvalue weighted by Crippen LogP contribution is -2.51. The quantitative estimate of drug-likeness (QED) is 0.0315. The molecule has 11 N–H and O–H groups in total. The standard InChI is InChI=1S/C55H79N7O15/c1-3-28-61(30-31-62(36-51(70)71)29-26-38(19-24-49(66)67)11-5-4-6-15-48(64)65)35-47(63)57-34-39-16-21-42(22-17-39)52(72)58-46(33-40-18-20-41-12-7-8-13-43(41)32-40)37(2)56-27-10-9-14-44(53(73)74)59-55(77)60-45(54(75)76)23-25-50(68)69/h4,6-8,12-13,18-20,32,39,42,44-46,56H,2-3,5,9-11,14-17,21-31,33-36H2,1H3,(H,57,63)(H,58,72)(H,64,65)(H,66,67)(H,68,69)(H,70,71)(H,73,74)(H,75,76)(H2,59,60,77)/b6-4+,38-19-/t39?,42?,44-,45-,46+/m0/s1. The molecule has 1 aliphatic carbocycles. The summed E-state index contributed by atoms with van der Waals surface area (Å²) < 4.78 is 0. The molecule has 0 heterocycles. The molecule has 3 atom stereocenters. The number of carboxylic acid groups (broad SMARTS) is 6. The van der Waals surface area contributed by atoms with Gasteiger partial charge in [-0.1, -0.05) is 79.8 Å². The fourth-order valence-electron chi connectivity index (χ4n) is 9.05. The van der Waals surface area contributed by atoms with Crippen LogP contribution in [0.5, 0.6) is 0 Å². The second kappa shape index (κ2) is 35.1. The smallest absolute Gasteiger partial charge is 0.326 e. The molecule has 22 heteroatoms. The van der Waals surface area contributed by atoms with Crippen LogP contribution in [0.15, 0.2) is 78.5 Å². The van der Waals surface area contributed by atoms with Crippen LogP contribution in [0, 0.1) is 11.8 Å². The van der Waals surface area contributed by atoms with Gasteiger partial charge in [0.15, 0.2) is 0 Å². The number of unbranched alkanes of at least 4 members (excludes halogenated alkanes) is 1. The van der Waals surface area contributed by atoms with Crippen LogP contribution in [-0.4, -0.2) is 165 Å². The SMILES string of the molecule is C=C(NCCCC[C@H](NC(=O)N[C@@H](CCC(=O)O)C(=O)O)C(=O)O)[C@@H](Cc1ccc2ccccc2c1)NC(=O)C1CCC(CNC(=O)CN(CCC)CCN(CC/C(=C\CC(=O)O)CC/C=C/CC(=O)O)CC(=O)O)CC1. The Morgan fingerprint density at radius 1 is 0.649 bits per heavy atom. The minimum absolute atomic E-state index is 0.0154. The number of aliphatic carboxylic acids is 6. The van der Waals surface area contributed by atoms with E-state index in [-0.39, 0.29) is 62.4 Å². The second-order valence-electron chi connectivity index (χ2n) is 19.5. The van der Waals surface area contributed by atoms with Crippen molar-refractivity contribution in [3.8, 4) is 0 Å². The molecular formula is C55H79N7O15. The number of nitrogens with zero attached hydrogens (tertiary/aromatic N) is 2. The van der Waals surface area contributed by atoms with Crippen molar-refractivity contribution in [2.24, 2.45) is 11.8 Å². The number of carboxylic acids is 6. The van der Waals surface area contributed by atoms with Crippen molar-refractivity contribution in [1.82, 2.24) is 36.4 Å². The summed E-state index contributed by atoms with van der Waals surface area (Å²) in [6.07, 6.45) is 9.81. The molecule has 1 aliphatic rings. The maximum absolute atomic E-state index is 13.9. The fourth-order valence-corrected chi connectivity index (χ4v) is 9.05. The van der Waals surface area contributed by atoms with Gasteiger partial charge in [-0.25, -0.2) is 14.4 Å². The van der Waals surface area contributed by atoms with Gasteiger partial charge in [-0.2, -0.15) is 0 Å². The van der Waals surface area contributed by atoms with Gasteiger partial charge in [0.1, 0.15) is 12.1 Å². The van der Waals surface area contributed by atoms with Gasteiger partial charge in [-0.05, 0) is 112 Å². The third-order valence-electron chi connectivity index (χ3n) is 13.3. The van der Waals surface area contributed by atoms with E-state index in [1.54, 1.807) is 17.1 Å². The minimum Gasteiger partial charge on any atom is -0.481 e. The van der Waals surface area contributed by atoms with Crippen LogP contribution in [0.4, 0.5) is 4.79 Å². The number of nitrogens with one attached hydrogen (secondary N) is 5. The highest BCUT2D eigenvalue weighted by atomic mass is 16.4. The van der Waals surface area contributed by atoms with Gasteiger partial charge >= 0.3 is 41.8 Å². The highest BCUT2D eigenvalue weighted by molar-refractivity contribution is 5.86. The number of fused-ring (bicyclic) bond motifs is 1. The van der Waals surface area contributed by atoms with Gasteiger partial charge in [-0.15, -0.1) is 0 Å². The summed E-state index contributed by atoms with van der Waals surface area (Å²) in [7, 11) is 0. The Kier molecular flexibility index (Phi) is 29.1. The Morgan fingerprint density at radius 3 is 1.92 bits per heavy atom. The Bertz CT molecular complexity index is 2370. The molecular weight excluding hydrogens is 999 g/mol. The zero-order chi connectivity index (χ0) is 56.7. The van der Waals surface area contributed by atoms with Crippen LogP contribution in [0.1, 0.15) is 109 Å². The third kappa shape index (κ3) is 26.8. The molecule has 0 saturated heterocycles. The van der Waals surface area contributed by atoms with Gasteiger partial charge in [0, 0.05) is 50.8 Å². The van der Waals surface area contributed by atoms with Crippen molar-refractivity contribution in [2.75, 3.05) is 52.4 Å². The number of amides is 4. The molecule has 424 valence electrons. The lowest BCUT2D eigenvalue weighted by atomic mass is 9.81. The van der Waals surface area contributed by atoms with E-state index in [0.29, 0.717) is 96.3 Å². The van der Waals surface area contributed by atoms with E-state index in [1.165, 1.54) is 6.08 Å². The highest BCUT2D eigenvalue weighted by Gasteiger charge is 2.30. The first-order valence-electron chi connectivity index (χ1n) is 26.4. The normalized spacial score (nSPS) is 15.8. The largest absolute Gasteiger partial charge is 0.481 e. The number of carbonyl (C=O) groups excluding carboxylic acids is 3. The Hall–Kier alpha value is -7.33. The Balaban J connectivity index is 1.53. The van der Waals surface area contributed by atoms with Crippen molar-refractivity contribution in [2.45, 2.75) is 128 Å². The number of hydrogen-bond acceptors (Lipinski definition) is 12. The molecule has 0 radical (unpaired) electrons. The molecule has 1 fully saturated rings. The van der Waals surface area contributed by atoms with Crippen LogP contribution < -0.4 is 26.6 Å². The van der Waals surface area contributed by atoms with Gasteiger partial charge in [0.05, 0.1) is 32.0 Å². The van der Waals surface area contributed by atoms with Crippen LogP contribution in [-0.2, 0) is 44.8 Å². The average molecular weight is 1080 g/mol. The summed E-state index contributed by atoms with van der Waals surface area (Å²) in [5.74, 6) is -7.38. The van der Waals surface area contributed by atoms with Crippen molar-refractivity contribution in [1.29, 1.82) is 0 Å². The van der Waals surface area contributed by atoms with Crippen LogP contribution in [0.3, 0.4) is 0 Å². The van der Waals surface area contributed by atoms with Gasteiger partial charge < -0.3 is 57.2 Å². The first-order chi connectivity index (χ1) is 36.7. The molecule has 0 aromatic heterocycles. The predicted octanol–water partition coefficient (Wildman–Crippen LogP) is 4.83.